The first-order chi connectivity index (χ1) is 8.92. The Hall–Kier alpha value is -0.530. The van der Waals surface area contributed by atoms with Crippen LogP contribution in [0.5, 0.6) is 0 Å². The van der Waals surface area contributed by atoms with Gasteiger partial charge in [0.05, 0.1) is 5.41 Å². The lowest BCUT2D eigenvalue weighted by atomic mass is 9.40. The van der Waals surface area contributed by atoms with Crippen molar-refractivity contribution in [2.24, 2.45) is 22.2 Å². The number of amides is 1. The molecule has 0 spiro atoms. The highest BCUT2D eigenvalue weighted by molar-refractivity contribution is 5.83. The van der Waals surface area contributed by atoms with Crippen LogP contribution < -0.4 is 0 Å². The molecule has 0 unspecified atom stereocenters. The van der Waals surface area contributed by atoms with Gasteiger partial charge in [-0.3, -0.25) is 4.79 Å². The summed E-state index contributed by atoms with van der Waals surface area (Å²) in [6.45, 7) is 6.97. The van der Waals surface area contributed by atoms with Crippen LogP contribution in [0, 0.1) is 22.2 Å². The molecule has 106 valence electrons. The molecule has 2 heteroatoms. The smallest absolute Gasteiger partial charge is 0.228 e. The summed E-state index contributed by atoms with van der Waals surface area (Å²) in [6.07, 6.45) is 10.1. The first-order valence-corrected chi connectivity index (χ1v) is 8.22. The molecule has 1 aliphatic heterocycles. The molecule has 0 aromatic carbocycles. The lowest BCUT2D eigenvalue weighted by Gasteiger charge is -2.65. The van der Waals surface area contributed by atoms with Gasteiger partial charge in [0.1, 0.15) is 0 Å². The Morgan fingerprint density at radius 3 is 2.05 bits per heavy atom. The van der Waals surface area contributed by atoms with Crippen LogP contribution in [0.3, 0.4) is 0 Å². The molecular formula is C17H27NO. The molecule has 19 heavy (non-hydrogen) atoms. The van der Waals surface area contributed by atoms with Crippen LogP contribution in [0.2, 0.25) is 0 Å². The Balaban J connectivity index is 1.68. The minimum Gasteiger partial charge on any atom is -0.342 e. The summed E-state index contributed by atoms with van der Waals surface area (Å²) in [6, 6.07) is 0. The predicted octanol–water partition coefficient (Wildman–Crippen LogP) is 3.61. The van der Waals surface area contributed by atoms with E-state index < -0.39 is 0 Å². The van der Waals surface area contributed by atoms with E-state index in [1.165, 1.54) is 51.4 Å². The lowest BCUT2D eigenvalue weighted by Crippen LogP contribution is -2.60. The standard InChI is InChI=1S/C17H27NO/c1-15-7-13-8-16(2,10-15)12-17(9-13,11-15)14(19)18-5-3-4-6-18/h13H,3-12H2,1-2H3/t13?,15-,16-,17?/m1/s1. The molecule has 4 bridgehead atoms. The van der Waals surface area contributed by atoms with E-state index >= 15 is 0 Å². The summed E-state index contributed by atoms with van der Waals surface area (Å²) in [7, 11) is 0. The quantitative estimate of drug-likeness (QED) is 0.706. The molecule has 2 nitrogen and oxygen atoms in total. The van der Waals surface area contributed by atoms with E-state index in [2.05, 4.69) is 18.7 Å². The number of likely N-dealkylation sites (tertiary alicyclic amines) is 1. The number of nitrogens with zero attached hydrogens (tertiary/aromatic N) is 1. The lowest BCUT2D eigenvalue weighted by molar-refractivity contribution is -0.178. The van der Waals surface area contributed by atoms with E-state index in [9.17, 15) is 4.79 Å². The minimum absolute atomic E-state index is 0.0350. The second-order valence-corrected chi connectivity index (χ2v) is 8.91. The topological polar surface area (TPSA) is 20.3 Å². The van der Waals surface area contributed by atoms with Gasteiger partial charge >= 0.3 is 0 Å². The van der Waals surface area contributed by atoms with E-state index in [-0.39, 0.29) is 5.41 Å². The van der Waals surface area contributed by atoms with E-state index in [0.29, 0.717) is 16.7 Å². The second-order valence-electron chi connectivity index (χ2n) is 8.91. The Bertz CT molecular complexity index is 405. The first-order valence-electron chi connectivity index (χ1n) is 8.22. The zero-order chi connectivity index (χ0) is 13.3. The van der Waals surface area contributed by atoms with Crippen LogP contribution >= 0.6 is 0 Å². The van der Waals surface area contributed by atoms with Crippen molar-refractivity contribution in [2.45, 2.75) is 65.2 Å². The molecule has 0 N–H and O–H groups in total. The van der Waals surface area contributed by atoms with Crippen LogP contribution in [0.4, 0.5) is 0 Å². The number of carbonyl (C=O) groups is 1. The highest BCUT2D eigenvalue weighted by atomic mass is 16.2. The van der Waals surface area contributed by atoms with Gasteiger partial charge in [-0.25, -0.2) is 0 Å². The average Bonchev–Trinajstić information content (AvgIpc) is 2.75. The van der Waals surface area contributed by atoms with Crippen molar-refractivity contribution in [2.75, 3.05) is 13.1 Å². The van der Waals surface area contributed by atoms with E-state index in [1.54, 1.807) is 0 Å². The van der Waals surface area contributed by atoms with Crippen LogP contribution in [0.15, 0.2) is 0 Å². The first kappa shape index (κ1) is 12.2. The molecule has 0 radical (unpaired) electrons. The molecule has 1 amide bonds. The largest absolute Gasteiger partial charge is 0.342 e. The van der Waals surface area contributed by atoms with Gasteiger partial charge in [-0.05, 0) is 68.1 Å². The second kappa shape index (κ2) is 3.56. The monoisotopic (exact) mass is 261 g/mol. The fourth-order valence-corrected chi connectivity index (χ4v) is 6.94. The maximum Gasteiger partial charge on any atom is 0.228 e. The van der Waals surface area contributed by atoms with Crippen molar-refractivity contribution >= 4 is 5.91 Å². The van der Waals surface area contributed by atoms with Crippen molar-refractivity contribution in [3.63, 3.8) is 0 Å². The van der Waals surface area contributed by atoms with Crippen LogP contribution in [0.25, 0.3) is 0 Å². The minimum atomic E-state index is 0.0350. The Morgan fingerprint density at radius 1 is 0.947 bits per heavy atom. The third-order valence-corrected chi connectivity index (χ3v) is 6.47. The summed E-state index contributed by atoms with van der Waals surface area (Å²) in [5.74, 6) is 1.37. The molecule has 4 aliphatic carbocycles. The van der Waals surface area contributed by atoms with Gasteiger partial charge in [0, 0.05) is 13.1 Å². The Labute approximate surface area is 116 Å². The van der Waals surface area contributed by atoms with Gasteiger partial charge in [0.25, 0.3) is 0 Å². The van der Waals surface area contributed by atoms with Crippen LogP contribution in [-0.4, -0.2) is 23.9 Å². The van der Waals surface area contributed by atoms with Gasteiger partial charge in [0.15, 0.2) is 0 Å². The van der Waals surface area contributed by atoms with Gasteiger partial charge in [-0.15, -0.1) is 0 Å². The summed E-state index contributed by atoms with van der Waals surface area (Å²) < 4.78 is 0. The molecule has 0 aromatic heterocycles. The zero-order valence-corrected chi connectivity index (χ0v) is 12.5. The molecule has 5 aliphatic rings. The predicted molar refractivity (Wildman–Crippen MR) is 75.7 cm³/mol. The fraction of sp³-hybridized carbons (Fsp3) is 0.941. The molecule has 5 rings (SSSR count). The number of carbonyl (C=O) groups excluding carboxylic acids is 1. The summed E-state index contributed by atoms with van der Waals surface area (Å²) in [5.41, 5.74) is 0.959. The molecule has 5 fully saturated rings. The highest BCUT2D eigenvalue weighted by Gasteiger charge is 2.63. The molecular weight excluding hydrogens is 234 g/mol. The van der Waals surface area contributed by atoms with Crippen molar-refractivity contribution < 1.29 is 4.79 Å². The summed E-state index contributed by atoms with van der Waals surface area (Å²) >= 11 is 0. The maximum absolute atomic E-state index is 13.1. The van der Waals surface area contributed by atoms with Crippen LogP contribution in [-0.2, 0) is 4.79 Å². The molecule has 0 aromatic rings. The summed E-state index contributed by atoms with van der Waals surface area (Å²) in [4.78, 5) is 15.3. The molecule has 1 saturated heterocycles. The van der Waals surface area contributed by atoms with Crippen molar-refractivity contribution in [3.05, 3.63) is 0 Å². The van der Waals surface area contributed by atoms with Crippen LogP contribution in [0.1, 0.15) is 65.2 Å². The van der Waals surface area contributed by atoms with Gasteiger partial charge in [-0.1, -0.05) is 13.8 Å². The zero-order valence-electron chi connectivity index (χ0n) is 12.5. The molecule has 4 saturated carbocycles. The number of hydrogen-bond acceptors (Lipinski definition) is 1. The van der Waals surface area contributed by atoms with Gasteiger partial charge in [0.2, 0.25) is 5.91 Å². The van der Waals surface area contributed by atoms with Gasteiger partial charge in [-0.2, -0.15) is 0 Å². The van der Waals surface area contributed by atoms with E-state index in [4.69, 9.17) is 0 Å². The fourth-order valence-electron chi connectivity index (χ4n) is 6.94. The third-order valence-electron chi connectivity index (χ3n) is 6.47. The summed E-state index contributed by atoms with van der Waals surface area (Å²) in [5, 5.41) is 0. The normalized spacial score (nSPS) is 51.9. The van der Waals surface area contributed by atoms with Crippen molar-refractivity contribution in [1.29, 1.82) is 0 Å². The Kier molecular flexibility index (Phi) is 2.29. The molecule has 2 atom stereocenters. The number of hydrogen-bond donors (Lipinski definition) is 0. The molecule has 1 heterocycles. The highest BCUT2D eigenvalue weighted by Crippen LogP contribution is 2.69. The SMILES string of the molecule is C[C@]12CC3CC(C(=O)N4CCCC4)(C1)C[C@](C)(C3)C2. The average molecular weight is 261 g/mol. The van der Waals surface area contributed by atoms with Crippen molar-refractivity contribution in [1.82, 2.24) is 4.90 Å². The Morgan fingerprint density at radius 2 is 1.53 bits per heavy atom. The van der Waals surface area contributed by atoms with Gasteiger partial charge < -0.3 is 4.90 Å². The van der Waals surface area contributed by atoms with E-state index in [1.807, 2.05) is 0 Å². The van der Waals surface area contributed by atoms with Crippen molar-refractivity contribution in [3.8, 4) is 0 Å². The van der Waals surface area contributed by atoms with E-state index in [0.717, 1.165) is 19.0 Å². The number of rotatable bonds is 1. The maximum atomic E-state index is 13.1. The third kappa shape index (κ3) is 1.71.